The van der Waals surface area contributed by atoms with E-state index in [1.807, 2.05) is 43.3 Å². The summed E-state index contributed by atoms with van der Waals surface area (Å²) in [6.07, 6.45) is 3.52. The maximum atomic E-state index is 13.7. The lowest BCUT2D eigenvalue weighted by Crippen LogP contribution is -2.30. The number of nitrogens with one attached hydrogen (secondary N) is 1. The molecule has 2 aromatic carbocycles. The number of piperidine rings is 1. The van der Waals surface area contributed by atoms with Crippen LogP contribution in [0.1, 0.15) is 25.0 Å². The molecule has 32 heavy (non-hydrogen) atoms. The van der Waals surface area contributed by atoms with Gasteiger partial charge in [0, 0.05) is 18.7 Å². The van der Waals surface area contributed by atoms with Crippen molar-refractivity contribution in [3.63, 3.8) is 0 Å². The van der Waals surface area contributed by atoms with Crippen LogP contribution in [0.25, 0.3) is 28.0 Å². The number of aromatic nitrogens is 3. The predicted octanol–water partition coefficient (Wildman–Crippen LogP) is 4.38. The zero-order valence-electron chi connectivity index (χ0n) is 17.9. The molecule has 0 unspecified atom stereocenters. The third-order valence-corrected chi connectivity index (χ3v) is 6.33. The fourth-order valence-corrected chi connectivity index (χ4v) is 4.77. The van der Waals surface area contributed by atoms with E-state index < -0.39 is 0 Å². The van der Waals surface area contributed by atoms with Crippen molar-refractivity contribution in [1.82, 2.24) is 14.6 Å². The second kappa shape index (κ2) is 7.44. The molecule has 4 heterocycles. The van der Waals surface area contributed by atoms with Crippen LogP contribution in [0.15, 0.2) is 53.3 Å². The van der Waals surface area contributed by atoms with Crippen molar-refractivity contribution < 1.29 is 9.47 Å². The van der Waals surface area contributed by atoms with E-state index in [1.54, 1.807) is 4.52 Å². The minimum atomic E-state index is -0.119. The summed E-state index contributed by atoms with van der Waals surface area (Å²) in [7, 11) is 0. The zero-order valence-corrected chi connectivity index (χ0v) is 17.9. The van der Waals surface area contributed by atoms with Gasteiger partial charge in [-0.15, -0.1) is 0 Å². The number of H-pyrrole nitrogens is 1. The molecule has 1 fully saturated rings. The molecule has 2 aromatic heterocycles. The standard InChI is InChI=1S/C25H24N4O3/c1-16-21(18-10-11-19-20(14-18)32-15-31-19)25(30)29-24(26-16)23(28-12-6-3-7-13-28)22(27-29)17-8-4-2-5-9-17/h2,4-5,8-11,14,27H,3,6-7,12-13,15H2,1H3. The summed E-state index contributed by atoms with van der Waals surface area (Å²) in [5.41, 5.74) is 5.57. The number of benzene rings is 2. The number of ether oxygens (including phenoxy) is 2. The first-order chi connectivity index (χ1) is 15.7. The largest absolute Gasteiger partial charge is 0.454 e. The lowest BCUT2D eigenvalue weighted by Gasteiger charge is -2.28. The van der Waals surface area contributed by atoms with Gasteiger partial charge in [-0.3, -0.25) is 9.89 Å². The molecule has 6 rings (SSSR count). The van der Waals surface area contributed by atoms with E-state index in [-0.39, 0.29) is 12.4 Å². The maximum Gasteiger partial charge on any atom is 0.280 e. The van der Waals surface area contributed by atoms with Crippen molar-refractivity contribution >= 4 is 11.3 Å². The van der Waals surface area contributed by atoms with Crippen molar-refractivity contribution in [2.75, 3.05) is 24.8 Å². The first kappa shape index (κ1) is 19.0. The van der Waals surface area contributed by atoms with Gasteiger partial charge in [-0.1, -0.05) is 36.4 Å². The Kier molecular flexibility index (Phi) is 4.41. The molecule has 4 aromatic rings. The average Bonchev–Trinajstić information content (AvgIpc) is 3.45. The van der Waals surface area contributed by atoms with Gasteiger partial charge in [0.1, 0.15) is 5.69 Å². The molecule has 0 aliphatic carbocycles. The van der Waals surface area contributed by atoms with E-state index in [0.29, 0.717) is 28.4 Å². The van der Waals surface area contributed by atoms with Gasteiger partial charge in [0.15, 0.2) is 17.1 Å². The van der Waals surface area contributed by atoms with Crippen LogP contribution in [-0.2, 0) is 0 Å². The normalized spacial score (nSPS) is 15.5. The quantitative estimate of drug-likeness (QED) is 0.524. The second-order valence-electron chi connectivity index (χ2n) is 8.35. The van der Waals surface area contributed by atoms with Crippen molar-refractivity contribution in [3.8, 4) is 33.9 Å². The third-order valence-electron chi connectivity index (χ3n) is 6.33. The Hall–Kier alpha value is -3.74. The Bertz CT molecular complexity index is 1370. The van der Waals surface area contributed by atoms with E-state index in [4.69, 9.17) is 14.5 Å². The summed E-state index contributed by atoms with van der Waals surface area (Å²) < 4.78 is 12.5. The molecule has 0 radical (unpaired) electrons. The van der Waals surface area contributed by atoms with Gasteiger partial charge < -0.3 is 14.4 Å². The van der Waals surface area contributed by atoms with Crippen LogP contribution in [0, 0.1) is 6.92 Å². The van der Waals surface area contributed by atoms with E-state index in [0.717, 1.165) is 48.4 Å². The first-order valence-corrected chi connectivity index (χ1v) is 11.1. The number of anilines is 1. The Morgan fingerprint density at radius 3 is 2.53 bits per heavy atom. The molecule has 0 spiro atoms. The summed E-state index contributed by atoms with van der Waals surface area (Å²) >= 11 is 0. The van der Waals surface area contributed by atoms with Gasteiger partial charge in [-0.05, 0) is 43.9 Å². The van der Waals surface area contributed by atoms with Crippen LogP contribution in [0.5, 0.6) is 11.5 Å². The minimum absolute atomic E-state index is 0.119. The van der Waals surface area contributed by atoms with E-state index in [2.05, 4.69) is 22.1 Å². The molecule has 2 aliphatic heterocycles. The Morgan fingerprint density at radius 1 is 0.938 bits per heavy atom. The highest BCUT2D eigenvalue weighted by atomic mass is 16.7. The van der Waals surface area contributed by atoms with Gasteiger partial charge >= 0.3 is 0 Å². The molecule has 0 bridgehead atoms. The van der Waals surface area contributed by atoms with Crippen molar-refractivity contribution in [1.29, 1.82) is 0 Å². The second-order valence-corrected chi connectivity index (χ2v) is 8.35. The molecule has 1 saturated heterocycles. The van der Waals surface area contributed by atoms with Crippen LogP contribution >= 0.6 is 0 Å². The summed E-state index contributed by atoms with van der Waals surface area (Å²) in [6, 6.07) is 15.7. The number of hydrogen-bond donors (Lipinski definition) is 1. The summed E-state index contributed by atoms with van der Waals surface area (Å²) in [5.74, 6) is 1.34. The topological polar surface area (TPSA) is 71.9 Å². The number of aromatic amines is 1. The maximum absolute atomic E-state index is 13.7. The fraction of sp³-hybridized carbons (Fsp3) is 0.280. The van der Waals surface area contributed by atoms with Gasteiger partial charge in [0.25, 0.3) is 5.56 Å². The van der Waals surface area contributed by atoms with E-state index in [9.17, 15) is 4.79 Å². The number of rotatable bonds is 3. The Labute approximate surface area is 185 Å². The minimum Gasteiger partial charge on any atom is -0.454 e. The summed E-state index contributed by atoms with van der Waals surface area (Å²) in [5, 5.41) is 3.38. The van der Waals surface area contributed by atoms with Crippen molar-refractivity contribution in [2.45, 2.75) is 26.2 Å². The van der Waals surface area contributed by atoms with Crippen LogP contribution in [0.3, 0.4) is 0 Å². The van der Waals surface area contributed by atoms with E-state index >= 15 is 0 Å². The molecule has 162 valence electrons. The SMILES string of the molecule is Cc1nc2c(N3CCCCC3)c(-c3ccccc3)[nH]n2c(=O)c1-c1ccc2c(c1)OCO2. The molecular weight excluding hydrogens is 404 g/mol. The highest BCUT2D eigenvalue weighted by Gasteiger charge is 2.25. The Morgan fingerprint density at radius 2 is 1.72 bits per heavy atom. The Balaban J connectivity index is 1.59. The molecule has 7 nitrogen and oxygen atoms in total. The van der Waals surface area contributed by atoms with Crippen LogP contribution in [0.2, 0.25) is 0 Å². The molecule has 2 aliphatic rings. The van der Waals surface area contributed by atoms with Gasteiger partial charge in [-0.25, -0.2) is 4.98 Å². The molecule has 0 saturated carbocycles. The lowest BCUT2D eigenvalue weighted by molar-refractivity contribution is 0.174. The highest BCUT2D eigenvalue weighted by Crippen LogP contribution is 2.38. The van der Waals surface area contributed by atoms with Crippen LogP contribution in [0.4, 0.5) is 5.69 Å². The molecule has 0 amide bonds. The summed E-state index contributed by atoms with van der Waals surface area (Å²) in [6.45, 7) is 4.03. The van der Waals surface area contributed by atoms with Crippen LogP contribution < -0.4 is 19.9 Å². The number of hydrogen-bond acceptors (Lipinski definition) is 5. The van der Waals surface area contributed by atoms with Crippen molar-refractivity contribution in [2.24, 2.45) is 0 Å². The molecule has 0 atom stereocenters. The van der Waals surface area contributed by atoms with Crippen molar-refractivity contribution in [3.05, 3.63) is 64.6 Å². The number of nitrogens with zero attached hydrogens (tertiary/aromatic N) is 3. The molecule has 1 N–H and O–H groups in total. The van der Waals surface area contributed by atoms with Crippen LogP contribution in [-0.4, -0.2) is 34.5 Å². The van der Waals surface area contributed by atoms with Gasteiger partial charge in [-0.2, -0.15) is 4.52 Å². The van der Waals surface area contributed by atoms with E-state index in [1.165, 1.54) is 6.42 Å². The smallest absolute Gasteiger partial charge is 0.280 e. The molecular formula is C25H24N4O3. The zero-order chi connectivity index (χ0) is 21.7. The summed E-state index contributed by atoms with van der Waals surface area (Å²) in [4.78, 5) is 21.0. The average molecular weight is 428 g/mol. The monoisotopic (exact) mass is 428 g/mol. The predicted molar refractivity (Wildman–Crippen MR) is 124 cm³/mol. The van der Waals surface area contributed by atoms with Gasteiger partial charge in [0.05, 0.1) is 17.0 Å². The fourth-order valence-electron chi connectivity index (χ4n) is 4.77. The molecule has 7 heteroatoms. The van der Waals surface area contributed by atoms with Gasteiger partial charge in [0.2, 0.25) is 6.79 Å². The highest BCUT2D eigenvalue weighted by molar-refractivity contribution is 5.87. The number of aryl methyl sites for hydroxylation is 1. The third kappa shape index (κ3) is 2.96. The number of fused-ring (bicyclic) bond motifs is 2. The first-order valence-electron chi connectivity index (χ1n) is 11.1. The lowest BCUT2D eigenvalue weighted by atomic mass is 10.0.